The van der Waals surface area contributed by atoms with Crippen LogP contribution in [0.2, 0.25) is 0 Å². The minimum atomic E-state index is 0.630. The summed E-state index contributed by atoms with van der Waals surface area (Å²) in [6.45, 7) is 5.63. The quantitative estimate of drug-likeness (QED) is 0.779. The maximum atomic E-state index is 4.25. The second kappa shape index (κ2) is 3.41. The van der Waals surface area contributed by atoms with Crippen LogP contribution in [0.3, 0.4) is 0 Å². The predicted octanol–water partition coefficient (Wildman–Crippen LogP) is 1.90. The van der Waals surface area contributed by atoms with Gasteiger partial charge in [-0.05, 0) is 24.6 Å². The monoisotopic (exact) mass is 186 g/mol. The van der Waals surface area contributed by atoms with Crippen molar-refractivity contribution in [2.75, 3.05) is 0 Å². The first-order valence-corrected chi connectivity index (χ1v) is 4.27. The van der Waals surface area contributed by atoms with E-state index >= 15 is 0 Å². The van der Waals surface area contributed by atoms with Gasteiger partial charge in [-0.3, -0.25) is 10.1 Å². The van der Waals surface area contributed by atoms with E-state index in [2.05, 4.69) is 26.7 Å². The molecule has 4 heteroatoms. The van der Waals surface area contributed by atoms with Crippen LogP contribution in [0.15, 0.2) is 31.0 Å². The van der Waals surface area contributed by atoms with Crippen LogP contribution in [0.5, 0.6) is 0 Å². The number of rotatable bonds is 2. The summed E-state index contributed by atoms with van der Waals surface area (Å²) in [5.41, 5.74) is 1.62. The number of H-pyrrole nitrogens is 1. The number of hydrogen-bond donors (Lipinski definition) is 1. The normalized spacial score (nSPS) is 10.1. The number of aromatic nitrogens is 4. The van der Waals surface area contributed by atoms with E-state index in [0.29, 0.717) is 11.6 Å². The van der Waals surface area contributed by atoms with Crippen molar-refractivity contribution in [1.29, 1.82) is 0 Å². The molecule has 4 nitrogen and oxygen atoms in total. The zero-order valence-corrected chi connectivity index (χ0v) is 7.86. The van der Waals surface area contributed by atoms with E-state index in [1.165, 1.54) is 0 Å². The van der Waals surface area contributed by atoms with Gasteiger partial charge in [0.25, 0.3) is 0 Å². The van der Waals surface area contributed by atoms with Gasteiger partial charge in [0, 0.05) is 6.20 Å². The topological polar surface area (TPSA) is 54.5 Å². The Morgan fingerprint density at radius 1 is 1.43 bits per heavy atom. The molecule has 0 aliphatic rings. The Morgan fingerprint density at radius 3 is 2.86 bits per heavy atom. The molecule has 0 aromatic carbocycles. The molecule has 0 fully saturated rings. The molecule has 14 heavy (non-hydrogen) atoms. The Hall–Kier alpha value is -1.97. The fourth-order valence-corrected chi connectivity index (χ4v) is 1.07. The lowest BCUT2D eigenvalue weighted by atomic mass is 10.3. The summed E-state index contributed by atoms with van der Waals surface area (Å²) in [6.07, 6.45) is 1.72. The van der Waals surface area contributed by atoms with Gasteiger partial charge in [0.1, 0.15) is 5.69 Å². The van der Waals surface area contributed by atoms with Crippen LogP contribution in [-0.2, 0) is 0 Å². The average Bonchev–Trinajstić information content (AvgIpc) is 2.68. The minimum Gasteiger partial charge on any atom is -0.257 e. The van der Waals surface area contributed by atoms with Crippen molar-refractivity contribution < 1.29 is 0 Å². The zero-order chi connectivity index (χ0) is 9.97. The number of hydrogen-bond acceptors (Lipinski definition) is 3. The van der Waals surface area contributed by atoms with Crippen molar-refractivity contribution >= 4 is 5.57 Å². The SMILES string of the molecule is C=C(C)c1n[nH]c(-c2ccccn2)n1. The largest absolute Gasteiger partial charge is 0.257 e. The lowest BCUT2D eigenvalue weighted by Gasteiger charge is -1.91. The van der Waals surface area contributed by atoms with Crippen molar-refractivity contribution in [2.45, 2.75) is 6.92 Å². The molecule has 0 amide bonds. The van der Waals surface area contributed by atoms with Crippen molar-refractivity contribution in [3.8, 4) is 11.5 Å². The smallest absolute Gasteiger partial charge is 0.176 e. The molecular formula is C10H10N4. The Morgan fingerprint density at radius 2 is 2.29 bits per heavy atom. The van der Waals surface area contributed by atoms with Crippen molar-refractivity contribution in [3.05, 3.63) is 36.8 Å². The fraction of sp³-hybridized carbons (Fsp3) is 0.100. The number of nitrogens with one attached hydrogen (secondary N) is 1. The van der Waals surface area contributed by atoms with Gasteiger partial charge in [0.15, 0.2) is 11.6 Å². The molecule has 70 valence electrons. The first-order chi connectivity index (χ1) is 6.77. The molecule has 1 N–H and O–H groups in total. The Balaban J connectivity index is 2.39. The molecule has 2 aromatic rings. The summed E-state index contributed by atoms with van der Waals surface area (Å²) in [7, 11) is 0. The Labute approximate surface area is 81.7 Å². The minimum absolute atomic E-state index is 0.630. The van der Waals surface area contributed by atoms with Crippen LogP contribution >= 0.6 is 0 Å². The highest BCUT2D eigenvalue weighted by Gasteiger charge is 2.05. The van der Waals surface area contributed by atoms with E-state index in [4.69, 9.17) is 0 Å². The van der Waals surface area contributed by atoms with Crippen LogP contribution in [0.25, 0.3) is 17.1 Å². The third kappa shape index (κ3) is 1.54. The molecule has 0 saturated heterocycles. The van der Waals surface area contributed by atoms with Gasteiger partial charge in [0.2, 0.25) is 0 Å². The van der Waals surface area contributed by atoms with E-state index in [1.807, 2.05) is 25.1 Å². The maximum absolute atomic E-state index is 4.25. The van der Waals surface area contributed by atoms with Gasteiger partial charge in [-0.25, -0.2) is 4.98 Å². The van der Waals surface area contributed by atoms with E-state index < -0.39 is 0 Å². The molecule has 0 aliphatic carbocycles. The van der Waals surface area contributed by atoms with Crippen LogP contribution in [0.4, 0.5) is 0 Å². The van der Waals surface area contributed by atoms with Gasteiger partial charge in [-0.1, -0.05) is 12.6 Å². The number of aromatic amines is 1. The second-order valence-electron chi connectivity index (χ2n) is 3.00. The van der Waals surface area contributed by atoms with Crippen LogP contribution in [-0.4, -0.2) is 20.2 Å². The molecular weight excluding hydrogens is 176 g/mol. The van der Waals surface area contributed by atoms with Gasteiger partial charge in [-0.15, -0.1) is 0 Å². The van der Waals surface area contributed by atoms with Gasteiger partial charge < -0.3 is 0 Å². The molecule has 2 aromatic heterocycles. The maximum Gasteiger partial charge on any atom is 0.176 e. The first kappa shape index (κ1) is 8.62. The van der Waals surface area contributed by atoms with Gasteiger partial charge in [0.05, 0.1) is 0 Å². The highest BCUT2D eigenvalue weighted by molar-refractivity contribution is 5.57. The molecule has 0 spiro atoms. The molecule has 2 heterocycles. The summed E-state index contributed by atoms with van der Waals surface area (Å²) in [6, 6.07) is 5.65. The van der Waals surface area contributed by atoms with E-state index in [9.17, 15) is 0 Å². The number of allylic oxidation sites excluding steroid dienone is 1. The molecule has 0 bridgehead atoms. The third-order valence-corrected chi connectivity index (χ3v) is 1.77. The summed E-state index contributed by atoms with van der Waals surface area (Å²) >= 11 is 0. The van der Waals surface area contributed by atoms with E-state index in [0.717, 1.165) is 11.3 Å². The fourth-order valence-electron chi connectivity index (χ4n) is 1.07. The molecule has 0 unspecified atom stereocenters. The van der Waals surface area contributed by atoms with Crippen LogP contribution in [0, 0.1) is 0 Å². The lowest BCUT2D eigenvalue weighted by molar-refractivity contribution is 1.07. The standard InChI is InChI=1S/C10H10N4/c1-7(2)9-12-10(14-13-9)8-5-3-4-6-11-8/h3-6H,1H2,2H3,(H,12,13,14). The molecule has 0 radical (unpaired) electrons. The Kier molecular flexibility index (Phi) is 2.10. The summed E-state index contributed by atoms with van der Waals surface area (Å²) in [4.78, 5) is 8.41. The lowest BCUT2D eigenvalue weighted by Crippen LogP contribution is -1.84. The first-order valence-electron chi connectivity index (χ1n) is 4.27. The highest BCUT2D eigenvalue weighted by atomic mass is 15.2. The summed E-state index contributed by atoms with van der Waals surface area (Å²) in [5, 5.41) is 6.84. The summed E-state index contributed by atoms with van der Waals surface area (Å²) < 4.78 is 0. The van der Waals surface area contributed by atoms with Crippen LogP contribution < -0.4 is 0 Å². The summed E-state index contributed by atoms with van der Waals surface area (Å²) in [5.74, 6) is 1.30. The Bertz CT molecular complexity index is 444. The molecule has 2 rings (SSSR count). The highest BCUT2D eigenvalue weighted by Crippen LogP contribution is 2.12. The molecule has 0 saturated carbocycles. The zero-order valence-electron chi connectivity index (χ0n) is 7.86. The second-order valence-corrected chi connectivity index (χ2v) is 3.00. The number of nitrogens with zero attached hydrogens (tertiary/aromatic N) is 3. The van der Waals surface area contributed by atoms with Gasteiger partial charge in [-0.2, -0.15) is 5.10 Å². The van der Waals surface area contributed by atoms with E-state index in [1.54, 1.807) is 6.20 Å². The van der Waals surface area contributed by atoms with Crippen molar-refractivity contribution in [3.63, 3.8) is 0 Å². The third-order valence-electron chi connectivity index (χ3n) is 1.77. The van der Waals surface area contributed by atoms with Crippen LogP contribution in [0.1, 0.15) is 12.7 Å². The number of pyridine rings is 1. The van der Waals surface area contributed by atoms with Crippen molar-refractivity contribution in [1.82, 2.24) is 20.2 Å². The molecule has 0 atom stereocenters. The molecule has 0 aliphatic heterocycles. The van der Waals surface area contributed by atoms with Crippen molar-refractivity contribution in [2.24, 2.45) is 0 Å². The van der Waals surface area contributed by atoms with E-state index in [-0.39, 0.29) is 0 Å². The predicted molar refractivity (Wildman–Crippen MR) is 54.3 cm³/mol. The van der Waals surface area contributed by atoms with Gasteiger partial charge >= 0.3 is 0 Å². The average molecular weight is 186 g/mol.